The number of rotatable bonds is 6. The van der Waals surface area contributed by atoms with Crippen molar-refractivity contribution in [1.82, 2.24) is 10.6 Å². The molecule has 0 aliphatic rings. The monoisotopic (exact) mass is 388 g/mol. The van der Waals surface area contributed by atoms with Gasteiger partial charge in [0.05, 0.1) is 6.54 Å². The molecule has 4 N–H and O–H groups in total. The van der Waals surface area contributed by atoms with Crippen molar-refractivity contribution in [2.45, 2.75) is 13.5 Å². The van der Waals surface area contributed by atoms with Gasteiger partial charge in [0.25, 0.3) is 5.91 Å². The molecule has 0 spiro atoms. The second-order valence-electron chi connectivity index (χ2n) is 5.38. The highest BCUT2D eigenvalue weighted by molar-refractivity contribution is 9.10. The van der Waals surface area contributed by atoms with Crippen LogP contribution in [0.5, 0.6) is 0 Å². The normalized spacial score (nSPS) is 11.2. The Kier molecular flexibility index (Phi) is 6.81. The zero-order chi connectivity index (χ0) is 17.4. The average molecular weight is 389 g/mol. The van der Waals surface area contributed by atoms with Gasteiger partial charge in [-0.25, -0.2) is 4.99 Å². The van der Waals surface area contributed by atoms with Crippen molar-refractivity contribution in [3.63, 3.8) is 0 Å². The van der Waals surface area contributed by atoms with E-state index in [1.807, 2.05) is 43.3 Å². The lowest BCUT2D eigenvalue weighted by molar-refractivity contribution is 0.0954. The Bertz CT molecular complexity index is 696. The standard InChI is InChI=1S/C18H21BrN4O/c1-13-2-4-14(5-3-13)12-23-18(20)22-11-10-21-17(24)15-6-8-16(19)9-7-15/h2-9H,10-12H2,1H3,(H,21,24)(H3,20,22,23). The fourth-order valence-corrected chi connectivity index (χ4v) is 2.26. The first-order chi connectivity index (χ1) is 11.5. The van der Waals surface area contributed by atoms with E-state index < -0.39 is 0 Å². The number of nitrogens with one attached hydrogen (secondary N) is 2. The zero-order valence-corrected chi connectivity index (χ0v) is 15.1. The Labute approximate surface area is 150 Å². The van der Waals surface area contributed by atoms with Crippen molar-refractivity contribution >= 4 is 27.8 Å². The van der Waals surface area contributed by atoms with E-state index in [9.17, 15) is 4.79 Å². The van der Waals surface area contributed by atoms with Gasteiger partial charge in [0.15, 0.2) is 5.96 Å². The molecule has 0 unspecified atom stereocenters. The van der Waals surface area contributed by atoms with Gasteiger partial charge < -0.3 is 16.4 Å². The van der Waals surface area contributed by atoms with Crippen LogP contribution < -0.4 is 16.4 Å². The van der Waals surface area contributed by atoms with E-state index >= 15 is 0 Å². The Morgan fingerprint density at radius 2 is 1.67 bits per heavy atom. The van der Waals surface area contributed by atoms with Crippen molar-refractivity contribution in [3.8, 4) is 0 Å². The molecule has 5 nitrogen and oxygen atoms in total. The lowest BCUT2D eigenvalue weighted by Crippen LogP contribution is -2.38. The molecule has 0 aromatic heterocycles. The molecule has 6 heteroatoms. The number of aryl methyl sites for hydroxylation is 1. The van der Waals surface area contributed by atoms with Gasteiger partial charge >= 0.3 is 0 Å². The molecule has 0 aliphatic carbocycles. The minimum atomic E-state index is -0.112. The molecule has 126 valence electrons. The van der Waals surface area contributed by atoms with Crippen LogP contribution in [0.25, 0.3) is 0 Å². The van der Waals surface area contributed by atoms with E-state index in [2.05, 4.69) is 31.6 Å². The van der Waals surface area contributed by atoms with Crippen LogP contribution in [0.15, 0.2) is 58.0 Å². The van der Waals surface area contributed by atoms with Crippen LogP contribution in [0.2, 0.25) is 0 Å². The molecule has 0 atom stereocenters. The van der Waals surface area contributed by atoms with E-state index in [0.29, 0.717) is 31.2 Å². The summed E-state index contributed by atoms with van der Waals surface area (Å²) in [6.45, 7) is 3.57. The predicted octanol–water partition coefficient (Wildman–Crippen LogP) is 2.59. The second kappa shape index (κ2) is 9.08. The molecule has 1 amide bonds. The topological polar surface area (TPSA) is 79.5 Å². The number of benzene rings is 2. The van der Waals surface area contributed by atoms with Gasteiger partial charge in [0.2, 0.25) is 0 Å². The quantitative estimate of drug-likeness (QED) is 0.404. The molecule has 0 aliphatic heterocycles. The molecule has 24 heavy (non-hydrogen) atoms. The second-order valence-corrected chi connectivity index (χ2v) is 6.29. The van der Waals surface area contributed by atoms with E-state index in [-0.39, 0.29) is 5.91 Å². The molecular weight excluding hydrogens is 368 g/mol. The number of hydrogen-bond acceptors (Lipinski definition) is 2. The first kappa shape index (κ1) is 18.0. The Balaban J connectivity index is 1.69. The van der Waals surface area contributed by atoms with Crippen molar-refractivity contribution in [1.29, 1.82) is 0 Å². The van der Waals surface area contributed by atoms with Gasteiger partial charge in [-0.2, -0.15) is 0 Å². The van der Waals surface area contributed by atoms with Crippen LogP contribution in [0.4, 0.5) is 0 Å². The van der Waals surface area contributed by atoms with Gasteiger partial charge in [-0.1, -0.05) is 45.8 Å². The van der Waals surface area contributed by atoms with Crippen molar-refractivity contribution in [2.24, 2.45) is 10.7 Å². The molecule has 0 saturated heterocycles. The van der Waals surface area contributed by atoms with Crippen LogP contribution in [0.1, 0.15) is 21.5 Å². The number of aliphatic imine (C=N–C) groups is 1. The van der Waals surface area contributed by atoms with Crippen LogP contribution in [0.3, 0.4) is 0 Å². The van der Waals surface area contributed by atoms with Gasteiger partial charge in [-0.15, -0.1) is 0 Å². The highest BCUT2D eigenvalue weighted by Gasteiger charge is 2.03. The fraction of sp³-hybridized carbons (Fsp3) is 0.222. The molecule has 0 saturated carbocycles. The molecule has 0 fully saturated rings. The molecule has 2 rings (SSSR count). The first-order valence-electron chi connectivity index (χ1n) is 7.68. The summed E-state index contributed by atoms with van der Waals surface area (Å²) in [5, 5.41) is 5.81. The van der Waals surface area contributed by atoms with Crippen LogP contribution in [0, 0.1) is 6.92 Å². The lowest BCUT2D eigenvalue weighted by atomic mass is 10.1. The molecule has 2 aromatic rings. The summed E-state index contributed by atoms with van der Waals surface area (Å²) in [6.07, 6.45) is 0. The Hall–Kier alpha value is -2.34. The third kappa shape index (κ3) is 6.04. The average Bonchev–Trinajstić information content (AvgIpc) is 2.58. The van der Waals surface area contributed by atoms with E-state index in [0.717, 1.165) is 10.0 Å². The van der Waals surface area contributed by atoms with Crippen molar-refractivity contribution in [3.05, 3.63) is 69.7 Å². The minimum Gasteiger partial charge on any atom is -0.370 e. The third-order valence-electron chi connectivity index (χ3n) is 3.38. The maximum Gasteiger partial charge on any atom is 0.251 e. The lowest BCUT2D eigenvalue weighted by Gasteiger charge is -2.08. The SMILES string of the molecule is Cc1ccc(CN=C(N)NCCNC(=O)c2ccc(Br)cc2)cc1. The maximum atomic E-state index is 11.9. The predicted molar refractivity (Wildman–Crippen MR) is 101 cm³/mol. The van der Waals surface area contributed by atoms with Crippen LogP contribution in [-0.4, -0.2) is 25.0 Å². The molecule has 0 radical (unpaired) electrons. The smallest absolute Gasteiger partial charge is 0.251 e. The molecule has 0 bridgehead atoms. The number of carbonyl (C=O) groups excluding carboxylic acids is 1. The molecule has 0 heterocycles. The number of hydrogen-bond donors (Lipinski definition) is 3. The highest BCUT2D eigenvalue weighted by Crippen LogP contribution is 2.10. The summed E-state index contributed by atoms with van der Waals surface area (Å²) >= 11 is 3.34. The Morgan fingerprint density at radius 3 is 2.33 bits per heavy atom. The highest BCUT2D eigenvalue weighted by atomic mass is 79.9. The first-order valence-corrected chi connectivity index (χ1v) is 8.47. The van der Waals surface area contributed by atoms with E-state index in [4.69, 9.17) is 5.73 Å². The number of halogens is 1. The van der Waals surface area contributed by atoms with Gasteiger partial charge in [0, 0.05) is 23.1 Å². The maximum absolute atomic E-state index is 11.9. The van der Waals surface area contributed by atoms with E-state index in [1.54, 1.807) is 12.1 Å². The summed E-state index contributed by atoms with van der Waals surface area (Å²) in [5.74, 6) is 0.257. The Morgan fingerprint density at radius 1 is 1.04 bits per heavy atom. The third-order valence-corrected chi connectivity index (χ3v) is 3.90. The number of guanidine groups is 1. The van der Waals surface area contributed by atoms with E-state index in [1.165, 1.54) is 5.56 Å². The minimum absolute atomic E-state index is 0.112. The number of carbonyl (C=O) groups is 1. The van der Waals surface area contributed by atoms with Gasteiger partial charge in [0.1, 0.15) is 0 Å². The van der Waals surface area contributed by atoms with Crippen LogP contribution in [-0.2, 0) is 6.54 Å². The summed E-state index contributed by atoms with van der Waals surface area (Å²) in [7, 11) is 0. The zero-order valence-electron chi connectivity index (χ0n) is 13.6. The summed E-state index contributed by atoms with van der Waals surface area (Å²) < 4.78 is 0.943. The summed E-state index contributed by atoms with van der Waals surface area (Å²) in [6, 6.07) is 15.4. The number of nitrogens with two attached hydrogens (primary N) is 1. The molecular formula is C18H21BrN4O. The van der Waals surface area contributed by atoms with Crippen molar-refractivity contribution < 1.29 is 4.79 Å². The fourth-order valence-electron chi connectivity index (χ4n) is 2.00. The van der Waals surface area contributed by atoms with Crippen molar-refractivity contribution in [2.75, 3.05) is 13.1 Å². The van der Waals surface area contributed by atoms with Crippen LogP contribution >= 0.6 is 15.9 Å². The summed E-state index contributed by atoms with van der Waals surface area (Å²) in [4.78, 5) is 16.2. The number of nitrogens with zero attached hydrogens (tertiary/aromatic N) is 1. The number of amides is 1. The molecule has 2 aromatic carbocycles. The largest absolute Gasteiger partial charge is 0.370 e. The van der Waals surface area contributed by atoms with Gasteiger partial charge in [-0.3, -0.25) is 4.79 Å². The van der Waals surface area contributed by atoms with Gasteiger partial charge in [-0.05, 0) is 36.8 Å². The summed E-state index contributed by atoms with van der Waals surface area (Å²) in [5.41, 5.74) is 8.76.